The van der Waals surface area contributed by atoms with Gasteiger partial charge in [0.15, 0.2) is 5.78 Å². The van der Waals surface area contributed by atoms with E-state index in [4.69, 9.17) is 0 Å². The highest BCUT2D eigenvalue weighted by atomic mass is 32.2. The first-order chi connectivity index (χ1) is 5.34. The van der Waals surface area contributed by atoms with E-state index in [9.17, 15) is 4.79 Å². The zero-order valence-electron chi connectivity index (χ0n) is 6.15. The topological polar surface area (TPSA) is 42.9 Å². The van der Waals surface area contributed by atoms with Crippen molar-refractivity contribution in [3.8, 4) is 0 Å². The normalized spacial score (nSPS) is 9.55. The molecule has 0 N–H and O–H groups in total. The summed E-state index contributed by atoms with van der Waals surface area (Å²) in [5.41, 5.74) is 0.585. The van der Waals surface area contributed by atoms with Gasteiger partial charge < -0.3 is 0 Å². The molecule has 1 aromatic heterocycles. The van der Waals surface area contributed by atoms with Gasteiger partial charge in [0.1, 0.15) is 6.33 Å². The summed E-state index contributed by atoms with van der Waals surface area (Å²) in [6, 6.07) is 0. The molecular formula is C7H8N2OS. The summed E-state index contributed by atoms with van der Waals surface area (Å²) in [6.07, 6.45) is 6.37. The van der Waals surface area contributed by atoms with Crippen LogP contribution in [0.3, 0.4) is 0 Å². The average molecular weight is 168 g/mol. The lowest BCUT2D eigenvalue weighted by molar-refractivity contribution is 0.102. The highest BCUT2D eigenvalue weighted by Gasteiger charge is 2.03. The van der Waals surface area contributed by atoms with Crippen LogP contribution in [-0.4, -0.2) is 27.8 Å². The fourth-order valence-corrected chi connectivity index (χ4v) is 1.09. The molecule has 11 heavy (non-hydrogen) atoms. The van der Waals surface area contributed by atoms with E-state index in [0.29, 0.717) is 11.3 Å². The average Bonchev–Trinajstić information content (AvgIpc) is 2.07. The molecule has 4 heteroatoms. The van der Waals surface area contributed by atoms with E-state index in [0.717, 1.165) is 0 Å². The molecule has 58 valence electrons. The summed E-state index contributed by atoms with van der Waals surface area (Å²) in [6.45, 7) is 0. The molecule has 0 fully saturated rings. The van der Waals surface area contributed by atoms with E-state index < -0.39 is 0 Å². The van der Waals surface area contributed by atoms with Gasteiger partial charge in [0.25, 0.3) is 0 Å². The summed E-state index contributed by atoms with van der Waals surface area (Å²) in [5, 5.41) is 0. The first-order valence-corrected chi connectivity index (χ1v) is 4.51. The first kappa shape index (κ1) is 8.20. The minimum Gasteiger partial charge on any atom is -0.293 e. The van der Waals surface area contributed by atoms with Crippen LogP contribution in [0.25, 0.3) is 0 Å². The number of nitrogens with zero attached hydrogens (tertiary/aromatic N) is 2. The van der Waals surface area contributed by atoms with Crippen molar-refractivity contribution in [1.82, 2.24) is 9.97 Å². The minimum absolute atomic E-state index is 0.0816. The lowest BCUT2D eigenvalue weighted by Gasteiger charge is -1.94. The molecule has 0 aliphatic carbocycles. The third-order valence-corrected chi connectivity index (χ3v) is 1.71. The van der Waals surface area contributed by atoms with Crippen LogP contribution in [0.15, 0.2) is 18.7 Å². The Morgan fingerprint density at radius 2 is 2.18 bits per heavy atom. The standard InChI is InChI=1S/C7H8N2OS/c1-11-4-7(10)6-2-8-5-9-3-6/h2-3,5H,4H2,1H3. The second-order valence-corrected chi connectivity index (χ2v) is 2.85. The first-order valence-electron chi connectivity index (χ1n) is 3.11. The number of carbonyl (C=O) groups excluding carboxylic acids is 1. The number of Topliss-reactive ketones (excluding diaryl/α,β-unsaturated/α-hetero) is 1. The third kappa shape index (κ3) is 2.31. The number of ketones is 1. The van der Waals surface area contributed by atoms with Gasteiger partial charge in [0, 0.05) is 12.4 Å². The number of hydrogen-bond acceptors (Lipinski definition) is 4. The Morgan fingerprint density at radius 1 is 1.55 bits per heavy atom. The van der Waals surface area contributed by atoms with Crippen LogP contribution in [0.5, 0.6) is 0 Å². The van der Waals surface area contributed by atoms with Crippen molar-refractivity contribution in [1.29, 1.82) is 0 Å². The zero-order valence-corrected chi connectivity index (χ0v) is 6.97. The van der Waals surface area contributed by atoms with E-state index in [-0.39, 0.29) is 5.78 Å². The van der Waals surface area contributed by atoms with Crippen LogP contribution in [0.2, 0.25) is 0 Å². The van der Waals surface area contributed by atoms with Gasteiger partial charge in [-0.15, -0.1) is 0 Å². The lowest BCUT2D eigenvalue weighted by Crippen LogP contribution is -2.02. The van der Waals surface area contributed by atoms with Gasteiger partial charge in [-0.1, -0.05) is 0 Å². The van der Waals surface area contributed by atoms with E-state index in [2.05, 4.69) is 9.97 Å². The Bertz CT molecular complexity index is 237. The highest BCUT2D eigenvalue weighted by molar-refractivity contribution is 7.99. The molecule has 0 aliphatic rings. The van der Waals surface area contributed by atoms with Crippen molar-refractivity contribution >= 4 is 17.5 Å². The van der Waals surface area contributed by atoms with E-state index in [1.54, 1.807) is 0 Å². The third-order valence-electron chi connectivity index (χ3n) is 1.16. The number of aromatic nitrogens is 2. The molecule has 0 aromatic carbocycles. The summed E-state index contributed by atoms with van der Waals surface area (Å²) in [4.78, 5) is 18.6. The zero-order chi connectivity index (χ0) is 8.10. The molecule has 3 nitrogen and oxygen atoms in total. The second-order valence-electron chi connectivity index (χ2n) is 1.98. The smallest absolute Gasteiger partial charge is 0.175 e. The maximum Gasteiger partial charge on any atom is 0.175 e. The molecule has 0 saturated heterocycles. The molecule has 0 unspecified atom stereocenters. The molecule has 0 amide bonds. The number of rotatable bonds is 3. The van der Waals surface area contributed by atoms with Crippen LogP contribution in [-0.2, 0) is 0 Å². The number of thioether (sulfide) groups is 1. The van der Waals surface area contributed by atoms with Crippen molar-refractivity contribution in [3.63, 3.8) is 0 Å². The summed E-state index contributed by atoms with van der Waals surface area (Å²) >= 11 is 1.50. The van der Waals surface area contributed by atoms with Crippen molar-refractivity contribution in [2.24, 2.45) is 0 Å². The fourth-order valence-electron chi connectivity index (χ4n) is 0.658. The van der Waals surface area contributed by atoms with Gasteiger partial charge >= 0.3 is 0 Å². The molecule has 0 spiro atoms. The van der Waals surface area contributed by atoms with Gasteiger partial charge in [-0.25, -0.2) is 9.97 Å². The molecule has 0 atom stereocenters. The van der Waals surface area contributed by atoms with Crippen molar-refractivity contribution < 1.29 is 4.79 Å². The predicted molar refractivity (Wildman–Crippen MR) is 44.7 cm³/mol. The Labute approximate surface area is 69.3 Å². The van der Waals surface area contributed by atoms with Crippen LogP contribution in [0.1, 0.15) is 10.4 Å². The Kier molecular flexibility index (Phi) is 3.04. The van der Waals surface area contributed by atoms with Crippen LogP contribution < -0.4 is 0 Å². The number of carbonyl (C=O) groups is 1. The van der Waals surface area contributed by atoms with Crippen molar-refractivity contribution in [2.45, 2.75) is 0 Å². The summed E-state index contributed by atoms with van der Waals surface area (Å²) in [7, 11) is 0. The van der Waals surface area contributed by atoms with E-state index >= 15 is 0 Å². The molecule has 1 aromatic rings. The lowest BCUT2D eigenvalue weighted by atomic mass is 10.2. The van der Waals surface area contributed by atoms with Crippen LogP contribution >= 0.6 is 11.8 Å². The van der Waals surface area contributed by atoms with E-state index in [1.165, 1.54) is 30.5 Å². The van der Waals surface area contributed by atoms with Crippen LogP contribution in [0, 0.1) is 0 Å². The van der Waals surface area contributed by atoms with Gasteiger partial charge in [0.05, 0.1) is 11.3 Å². The quantitative estimate of drug-likeness (QED) is 0.632. The number of hydrogen-bond donors (Lipinski definition) is 0. The van der Waals surface area contributed by atoms with Gasteiger partial charge in [-0.05, 0) is 6.26 Å². The maximum absolute atomic E-state index is 11.1. The maximum atomic E-state index is 11.1. The van der Waals surface area contributed by atoms with Gasteiger partial charge in [0.2, 0.25) is 0 Å². The molecular weight excluding hydrogens is 160 g/mol. The summed E-state index contributed by atoms with van der Waals surface area (Å²) < 4.78 is 0. The Balaban J connectivity index is 2.69. The van der Waals surface area contributed by atoms with Gasteiger partial charge in [-0.2, -0.15) is 11.8 Å². The fraction of sp³-hybridized carbons (Fsp3) is 0.286. The second kappa shape index (κ2) is 4.08. The van der Waals surface area contributed by atoms with E-state index in [1.807, 2.05) is 6.26 Å². The van der Waals surface area contributed by atoms with Crippen molar-refractivity contribution in [2.75, 3.05) is 12.0 Å². The molecule has 1 heterocycles. The molecule has 0 radical (unpaired) electrons. The largest absolute Gasteiger partial charge is 0.293 e. The SMILES string of the molecule is CSCC(=O)c1cncnc1. The molecule has 1 rings (SSSR count). The Hall–Kier alpha value is -0.900. The predicted octanol–water partition coefficient (Wildman–Crippen LogP) is 1.02. The van der Waals surface area contributed by atoms with Crippen LogP contribution in [0.4, 0.5) is 0 Å². The highest BCUT2D eigenvalue weighted by Crippen LogP contribution is 2.00. The minimum atomic E-state index is 0.0816. The molecule has 0 bridgehead atoms. The van der Waals surface area contributed by atoms with Gasteiger partial charge in [-0.3, -0.25) is 4.79 Å². The molecule has 0 aliphatic heterocycles. The Morgan fingerprint density at radius 3 is 2.73 bits per heavy atom. The monoisotopic (exact) mass is 168 g/mol. The van der Waals surface area contributed by atoms with Crippen molar-refractivity contribution in [3.05, 3.63) is 24.3 Å². The molecule has 0 saturated carbocycles. The summed E-state index contributed by atoms with van der Waals surface area (Å²) in [5.74, 6) is 0.575.